The molecule has 1 saturated heterocycles. The average Bonchev–Trinajstić information content (AvgIpc) is 3.01. The van der Waals surface area contributed by atoms with Gasteiger partial charge in [-0.2, -0.15) is 0 Å². The van der Waals surface area contributed by atoms with Gasteiger partial charge in [0, 0.05) is 19.5 Å². The molecule has 1 aliphatic carbocycles. The molecule has 3 heteroatoms. The molecule has 0 aromatic rings. The highest BCUT2D eigenvalue weighted by Gasteiger charge is 2.32. The molecule has 1 saturated carbocycles. The van der Waals surface area contributed by atoms with Gasteiger partial charge in [0.25, 0.3) is 0 Å². The van der Waals surface area contributed by atoms with Crippen molar-refractivity contribution < 1.29 is 4.79 Å². The standard InChI is InChI=1S/C11H20N2O/c1-13(11(14)10-4-5-10)8-9-3-2-6-12-7-9/h9-10,12H,2-8H2,1H3. The minimum absolute atomic E-state index is 0.371. The molecule has 3 nitrogen and oxygen atoms in total. The molecule has 1 N–H and O–H groups in total. The summed E-state index contributed by atoms with van der Waals surface area (Å²) in [6, 6.07) is 0. The van der Waals surface area contributed by atoms with Gasteiger partial charge >= 0.3 is 0 Å². The molecule has 80 valence electrons. The molecule has 0 radical (unpaired) electrons. The van der Waals surface area contributed by atoms with Gasteiger partial charge in [-0.1, -0.05) is 0 Å². The predicted molar refractivity (Wildman–Crippen MR) is 56.0 cm³/mol. The molecule has 2 fully saturated rings. The minimum Gasteiger partial charge on any atom is -0.345 e. The maximum atomic E-state index is 11.7. The van der Waals surface area contributed by atoms with E-state index in [2.05, 4.69) is 5.32 Å². The lowest BCUT2D eigenvalue weighted by Gasteiger charge is -2.27. The van der Waals surface area contributed by atoms with Crippen molar-refractivity contribution in [2.45, 2.75) is 25.7 Å². The zero-order valence-electron chi connectivity index (χ0n) is 8.96. The van der Waals surface area contributed by atoms with Crippen molar-refractivity contribution in [3.05, 3.63) is 0 Å². The Labute approximate surface area is 85.8 Å². The van der Waals surface area contributed by atoms with Crippen LogP contribution < -0.4 is 5.32 Å². The average molecular weight is 196 g/mol. The number of rotatable bonds is 3. The first-order chi connectivity index (χ1) is 6.77. The highest BCUT2D eigenvalue weighted by Crippen LogP contribution is 2.30. The number of amides is 1. The van der Waals surface area contributed by atoms with Crippen LogP contribution >= 0.6 is 0 Å². The number of hydrogen-bond donors (Lipinski definition) is 1. The lowest BCUT2D eigenvalue weighted by atomic mass is 9.99. The molecule has 1 atom stereocenters. The normalized spacial score (nSPS) is 27.4. The van der Waals surface area contributed by atoms with Crippen LogP contribution in [0, 0.1) is 11.8 Å². The maximum absolute atomic E-state index is 11.7. The lowest BCUT2D eigenvalue weighted by Crippen LogP contribution is -2.39. The van der Waals surface area contributed by atoms with Gasteiger partial charge < -0.3 is 10.2 Å². The summed E-state index contributed by atoms with van der Waals surface area (Å²) >= 11 is 0. The van der Waals surface area contributed by atoms with Gasteiger partial charge in [-0.3, -0.25) is 4.79 Å². The Morgan fingerprint density at radius 1 is 1.43 bits per heavy atom. The highest BCUT2D eigenvalue weighted by atomic mass is 16.2. The van der Waals surface area contributed by atoms with Crippen molar-refractivity contribution in [3.8, 4) is 0 Å². The number of nitrogens with zero attached hydrogens (tertiary/aromatic N) is 1. The van der Waals surface area contributed by atoms with E-state index in [9.17, 15) is 4.79 Å². The lowest BCUT2D eigenvalue weighted by molar-refractivity contribution is -0.131. The Bertz CT molecular complexity index is 207. The van der Waals surface area contributed by atoms with Gasteiger partial charge in [0.15, 0.2) is 0 Å². The van der Waals surface area contributed by atoms with E-state index < -0.39 is 0 Å². The maximum Gasteiger partial charge on any atom is 0.225 e. The van der Waals surface area contributed by atoms with Crippen LogP contribution in [0.25, 0.3) is 0 Å². The zero-order chi connectivity index (χ0) is 9.97. The molecule has 2 aliphatic rings. The summed E-state index contributed by atoms with van der Waals surface area (Å²) in [4.78, 5) is 13.6. The van der Waals surface area contributed by atoms with E-state index in [1.54, 1.807) is 0 Å². The van der Waals surface area contributed by atoms with Crippen LogP contribution in [0.5, 0.6) is 0 Å². The largest absolute Gasteiger partial charge is 0.345 e. The SMILES string of the molecule is CN(CC1CCCNC1)C(=O)C1CC1. The second kappa shape index (κ2) is 4.30. The van der Waals surface area contributed by atoms with Crippen LogP contribution in [0.3, 0.4) is 0 Å². The van der Waals surface area contributed by atoms with Crippen molar-refractivity contribution in [2.75, 3.05) is 26.7 Å². The molecule has 0 aromatic carbocycles. The van der Waals surface area contributed by atoms with Crippen LogP contribution in [0.2, 0.25) is 0 Å². The molecule has 1 aliphatic heterocycles. The van der Waals surface area contributed by atoms with Crippen molar-refractivity contribution in [3.63, 3.8) is 0 Å². The molecular formula is C11H20N2O. The van der Waals surface area contributed by atoms with Gasteiger partial charge in [0.1, 0.15) is 0 Å². The molecule has 1 heterocycles. The smallest absolute Gasteiger partial charge is 0.225 e. The van der Waals surface area contributed by atoms with Gasteiger partial charge in [-0.25, -0.2) is 0 Å². The summed E-state index contributed by atoms with van der Waals surface area (Å²) in [6.07, 6.45) is 4.77. The Kier molecular flexibility index (Phi) is 3.06. The van der Waals surface area contributed by atoms with Gasteiger partial charge in [0.05, 0.1) is 0 Å². The number of hydrogen-bond acceptors (Lipinski definition) is 2. The molecule has 1 unspecified atom stereocenters. The second-order valence-electron chi connectivity index (χ2n) is 4.71. The fourth-order valence-electron chi connectivity index (χ4n) is 2.20. The number of carbonyl (C=O) groups excluding carboxylic acids is 1. The molecule has 14 heavy (non-hydrogen) atoms. The minimum atomic E-state index is 0.371. The van der Waals surface area contributed by atoms with E-state index in [-0.39, 0.29) is 0 Å². The summed E-state index contributed by atoms with van der Waals surface area (Å²) in [5.41, 5.74) is 0. The van der Waals surface area contributed by atoms with Crippen molar-refractivity contribution in [2.24, 2.45) is 11.8 Å². The second-order valence-corrected chi connectivity index (χ2v) is 4.71. The third-order valence-corrected chi connectivity index (χ3v) is 3.23. The van der Waals surface area contributed by atoms with Gasteiger partial charge in [-0.15, -0.1) is 0 Å². The van der Waals surface area contributed by atoms with E-state index in [1.807, 2.05) is 11.9 Å². The summed E-state index contributed by atoms with van der Waals surface area (Å²) in [5.74, 6) is 1.42. The Hall–Kier alpha value is -0.570. The monoisotopic (exact) mass is 196 g/mol. The van der Waals surface area contributed by atoms with E-state index >= 15 is 0 Å². The third-order valence-electron chi connectivity index (χ3n) is 3.23. The molecule has 2 rings (SSSR count). The molecule has 0 bridgehead atoms. The summed E-state index contributed by atoms with van der Waals surface area (Å²) in [6.45, 7) is 3.18. The van der Waals surface area contributed by atoms with E-state index in [1.165, 1.54) is 12.8 Å². The van der Waals surface area contributed by atoms with Crippen LogP contribution in [-0.4, -0.2) is 37.5 Å². The number of nitrogens with one attached hydrogen (secondary N) is 1. The topological polar surface area (TPSA) is 32.3 Å². The van der Waals surface area contributed by atoms with E-state index in [4.69, 9.17) is 0 Å². The van der Waals surface area contributed by atoms with Crippen LogP contribution in [-0.2, 0) is 4.79 Å². The Balaban J connectivity index is 1.74. The highest BCUT2D eigenvalue weighted by molar-refractivity contribution is 5.80. The van der Waals surface area contributed by atoms with Crippen LogP contribution in [0.1, 0.15) is 25.7 Å². The first-order valence-corrected chi connectivity index (χ1v) is 5.73. The predicted octanol–water partition coefficient (Wildman–Crippen LogP) is 0.854. The summed E-state index contributed by atoms with van der Waals surface area (Å²) < 4.78 is 0. The summed E-state index contributed by atoms with van der Waals surface area (Å²) in [7, 11) is 1.95. The van der Waals surface area contributed by atoms with E-state index in [0.29, 0.717) is 17.7 Å². The quantitative estimate of drug-likeness (QED) is 0.726. The van der Waals surface area contributed by atoms with Crippen LogP contribution in [0.4, 0.5) is 0 Å². The number of piperidine rings is 1. The van der Waals surface area contributed by atoms with Gasteiger partial charge in [0.2, 0.25) is 5.91 Å². The van der Waals surface area contributed by atoms with Crippen molar-refractivity contribution in [1.29, 1.82) is 0 Å². The van der Waals surface area contributed by atoms with Crippen molar-refractivity contribution in [1.82, 2.24) is 10.2 Å². The molecule has 0 spiro atoms. The van der Waals surface area contributed by atoms with Crippen molar-refractivity contribution >= 4 is 5.91 Å². The van der Waals surface area contributed by atoms with Crippen LogP contribution in [0.15, 0.2) is 0 Å². The van der Waals surface area contributed by atoms with Gasteiger partial charge in [-0.05, 0) is 44.7 Å². The molecule has 0 aromatic heterocycles. The zero-order valence-corrected chi connectivity index (χ0v) is 8.96. The summed E-state index contributed by atoms with van der Waals surface area (Å²) in [5, 5.41) is 3.39. The first kappa shape index (κ1) is 9.97. The third kappa shape index (κ3) is 2.47. The molecular weight excluding hydrogens is 176 g/mol. The van der Waals surface area contributed by atoms with E-state index in [0.717, 1.165) is 32.5 Å². The first-order valence-electron chi connectivity index (χ1n) is 5.73. The fraction of sp³-hybridized carbons (Fsp3) is 0.909. The fourth-order valence-corrected chi connectivity index (χ4v) is 2.20. The Morgan fingerprint density at radius 2 is 2.21 bits per heavy atom. The molecule has 1 amide bonds. The Morgan fingerprint density at radius 3 is 2.79 bits per heavy atom. The number of carbonyl (C=O) groups is 1.